The maximum atomic E-state index is 15.1. The summed E-state index contributed by atoms with van der Waals surface area (Å²) in [6, 6.07) is 0. The van der Waals surface area contributed by atoms with Crippen LogP contribution < -0.4 is 11.2 Å². The summed E-state index contributed by atoms with van der Waals surface area (Å²) in [6.45, 7) is 2.89. The fourth-order valence-corrected chi connectivity index (χ4v) is 5.12. The number of H-pyrrole nitrogens is 1. The Bertz CT molecular complexity index is 975. The molecule has 0 aliphatic carbocycles. The van der Waals surface area contributed by atoms with Crippen LogP contribution in [0.25, 0.3) is 0 Å². The first-order valence-corrected chi connectivity index (χ1v) is 14.5. The molecular formula is C27H48FN3O8. The van der Waals surface area contributed by atoms with Gasteiger partial charge in [-0.25, -0.2) is 13.8 Å². The van der Waals surface area contributed by atoms with Gasteiger partial charge in [-0.3, -0.25) is 9.78 Å². The van der Waals surface area contributed by atoms with Crippen molar-refractivity contribution in [2.45, 2.75) is 140 Å². The Hall–Kier alpha value is -1.67. The summed E-state index contributed by atoms with van der Waals surface area (Å²) in [6.07, 6.45) is 8.81. The highest BCUT2D eigenvalue weighted by Crippen LogP contribution is 2.44. The van der Waals surface area contributed by atoms with Crippen LogP contribution in [-0.4, -0.2) is 71.1 Å². The molecule has 1 saturated heterocycles. The second-order valence-electron chi connectivity index (χ2n) is 10.6. The summed E-state index contributed by atoms with van der Waals surface area (Å²) >= 11 is 0. The molecule has 11 nitrogen and oxygen atoms in total. The first-order valence-electron chi connectivity index (χ1n) is 14.5. The second-order valence-corrected chi connectivity index (χ2v) is 10.6. The van der Waals surface area contributed by atoms with Crippen molar-refractivity contribution in [3.63, 3.8) is 0 Å². The zero-order valence-corrected chi connectivity index (χ0v) is 23.4. The minimum atomic E-state index is -3.29. The van der Waals surface area contributed by atoms with E-state index in [1.807, 2.05) is 4.98 Å². The Labute approximate surface area is 229 Å². The predicted octanol–water partition coefficient (Wildman–Crippen LogP) is 2.61. The van der Waals surface area contributed by atoms with Crippen molar-refractivity contribution in [3.05, 3.63) is 32.6 Å². The lowest BCUT2D eigenvalue weighted by Crippen LogP contribution is -2.69. The van der Waals surface area contributed by atoms with Crippen molar-refractivity contribution in [3.8, 4) is 0 Å². The Morgan fingerprint density at radius 2 is 1.51 bits per heavy atom. The molecule has 0 saturated carbocycles. The van der Waals surface area contributed by atoms with Crippen molar-refractivity contribution in [2.75, 3.05) is 6.61 Å². The van der Waals surface area contributed by atoms with Crippen molar-refractivity contribution in [1.29, 1.82) is 0 Å². The minimum Gasteiger partial charge on any atom is -0.394 e. The number of ether oxygens (including phenoxy) is 1. The maximum absolute atomic E-state index is 15.1. The third-order valence-electron chi connectivity index (χ3n) is 7.62. The van der Waals surface area contributed by atoms with Crippen LogP contribution in [0.1, 0.15) is 109 Å². The fourth-order valence-electron chi connectivity index (χ4n) is 5.12. The number of alkyl halides is 1. The standard InChI is InChI=1S/C27H48FN3O8/c1-3-5-6-7-8-9-10-11-12-13-14-15-16-17-22(28)31(38)26(36)23(33)21(19-32)39-27(26,37)30-18-20(4-2)24(34)29-25(30)35/h18,21-23,32-33,36-38H,3-17,19H2,1-2H3,(H,29,34,35)/t21-,22?,23-,26-,27+/m1/s1. The van der Waals surface area contributed by atoms with Gasteiger partial charge in [-0.05, 0) is 19.3 Å². The van der Waals surface area contributed by atoms with E-state index < -0.39 is 48.0 Å². The highest BCUT2D eigenvalue weighted by Gasteiger charge is 2.71. The van der Waals surface area contributed by atoms with Crippen molar-refractivity contribution in [2.24, 2.45) is 0 Å². The number of nitrogens with zero attached hydrogens (tertiary/aromatic N) is 2. The fraction of sp³-hybridized carbons (Fsp3) is 0.852. The molecule has 0 radical (unpaired) electrons. The number of hydrogen-bond acceptors (Lipinski definition) is 9. The normalized spacial score (nSPS) is 26.0. The maximum Gasteiger partial charge on any atom is 0.332 e. The van der Waals surface area contributed by atoms with E-state index >= 15 is 4.39 Å². The van der Waals surface area contributed by atoms with E-state index in [0.717, 1.165) is 25.5 Å². The average molecular weight is 562 g/mol. The van der Waals surface area contributed by atoms with Gasteiger partial charge < -0.3 is 30.4 Å². The molecule has 0 bridgehead atoms. The van der Waals surface area contributed by atoms with Crippen molar-refractivity contribution in [1.82, 2.24) is 14.6 Å². The van der Waals surface area contributed by atoms with E-state index in [4.69, 9.17) is 4.74 Å². The van der Waals surface area contributed by atoms with Crippen LogP contribution in [0.2, 0.25) is 0 Å². The topological polar surface area (TPSA) is 168 Å². The zero-order valence-electron chi connectivity index (χ0n) is 23.4. The number of aromatic amines is 1. The van der Waals surface area contributed by atoms with Crippen LogP contribution in [0.3, 0.4) is 0 Å². The molecule has 1 fully saturated rings. The first kappa shape index (κ1) is 33.5. The van der Waals surface area contributed by atoms with E-state index in [9.17, 15) is 35.2 Å². The average Bonchev–Trinajstić information content (AvgIpc) is 3.12. The molecule has 12 heteroatoms. The van der Waals surface area contributed by atoms with Crippen LogP contribution >= 0.6 is 0 Å². The Kier molecular flexibility index (Phi) is 13.7. The van der Waals surface area contributed by atoms with Crippen molar-refractivity contribution < 1.29 is 34.8 Å². The quantitative estimate of drug-likeness (QED) is 0.0643. The van der Waals surface area contributed by atoms with Gasteiger partial charge in [0.2, 0.25) is 5.72 Å². The number of aromatic nitrogens is 2. The highest BCUT2D eigenvalue weighted by atomic mass is 19.1. The summed E-state index contributed by atoms with van der Waals surface area (Å²) in [7, 11) is 0. The van der Waals surface area contributed by atoms with E-state index in [-0.39, 0.29) is 23.5 Å². The summed E-state index contributed by atoms with van der Waals surface area (Å²) in [4.78, 5) is 26.4. The number of rotatable bonds is 19. The summed E-state index contributed by atoms with van der Waals surface area (Å²) in [5.41, 5.74) is -5.24. The lowest BCUT2D eigenvalue weighted by Gasteiger charge is -2.43. The molecule has 5 atom stereocenters. The summed E-state index contributed by atoms with van der Waals surface area (Å²) in [5.74, 6) is -3.24. The number of unbranched alkanes of at least 4 members (excludes halogenated alkanes) is 12. The van der Waals surface area contributed by atoms with Gasteiger partial charge in [0.1, 0.15) is 12.2 Å². The molecule has 0 amide bonds. The third-order valence-corrected chi connectivity index (χ3v) is 7.62. The van der Waals surface area contributed by atoms with Gasteiger partial charge in [0, 0.05) is 11.8 Å². The van der Waals surface area contributed by atoms with E-state index in [1.54, 1.807) is 6.92 Å². The van der Waals surface area contributed by atoms with Crippen LogP contribution in [0.15, 0.2) is 15.8 Å². The van der Waals surface area contributed by atoms with Gasteiger partial charge in [-0.2, -0.15) is 0 Å². The SMILES string of the molecule is CCCCCCCCCCCCCCCC(F)N(O)[C@@]1(O)[C@H](O)[C@@H](CO)O[C@]1(O)n1cc(CC)c(=O)[nH]c1=O. The van der Waals surface area contributed by atoms with Crippen LogP contribution in [0.4, 0.5) is 4.39 Å². The molecule has 1 aromatic rings. The monoisotopic (exact) mass is 561 g/mol. The number of aliphatic hydroxyl groups is 4. The molecule has 1 unspecified atom stereocenters. The summed E-state index contributed by atoms with van der Waals surface area (Å²) in [5, 5.41) is 53.2. The number of halogens is 1. The zero-order chi connectivity index (χ0) is 29.1. The summed E-state index contributed by atoms with van der Waals surface area (Å²) < 4.78 is 20.7. The lowest BCUT2D eigenvalue weighted by atomic mass is 9.99. The van der Waals surface area contributed by atoms with Gasteiger partial charge in [-0.15, -0.1) is 5.06 Å². The highest BCUT2D eigenvalue weighted by molar-refractivity contribution is 5.10. The molecule has 6 N–H and O–H groups in total. The van der Waals surface area contributed by atoms with Gasteiger partial charge in [0.25, 0.3) is 5.56 Å². The van der Waals surface area contributed by atoms with E-state index in [1.165, 1.54) is 51.4 Å². The molecule has 226 valence electrons. The third kappa shape index (κ3) is 7.96. The largest absolute Gasteiger partial charge is 0.394 e. The number of hydrogen-bond donors (Lipinski definition) is 6. The Balaban J connectivity index is 1.93. The number of hydroxylamine groups is 2. The van der Waals surface area contributed by atoms with Crippen molar-refractivity contribution >= 4 is 0 Å². The molecule has 0 spiro atoms. The Morgan fingerprint density at radius 1 is 1.00 bits per heavy atom. The molecular weight excluding hydrogens is 513 g/mol. The second kappa shape index (κ2) is 15.9. The molecule has 2 rings (SSSR count). The number of aryl methyl sites for hydroxylation is 1. The van der Waals surface area contributed by atoms with Gasteiger partial charge in [0.15, 0.2) is 6.30 Å². The number of aliphatic hydroxyl groups excluding tert-OH is 2. The molecule has 2 heterocycles. The van der Waals surface area contributed by atoms with Crippen LogP contribution in [0, 0.1) is 0 Å². The minimum absolute atomic E-state index is 0.0178. The van der Waals surface area contributed by atoms with Gasteiger partial charge in [0.05, 0.1) is 6.61 Å². The smallest absolute Gasteiger partial charge is 0.332 e. The molecule has 1 aliphatic heterocycles. The van der Waals surface area contributed by atoms with Gasteiger partial charge >= 0.3 is 11.6 Å². The number of nitrogens with one attached hydrogen (secondary N) is 1. The van der Waals surface area contributed by atoms with Gasteiger partial charge in [-0.1, -0.05) is 90.9 Å². The van der Waals surface area contributed by atoms with Crippen LogP contribution in [-0.2, 0) is 17.1 Å². The molecule has 1 aliphatic rings. The molecule has 39 heavy (non-hydrogen) atoms. The molecule has 0 aromatic carbocycles. The van der Waals surface area contributed by atoms with Crippen LogP contribution in [0.5, 0.6) is 0 Å². The van der Waals surface area contributed by atoms with E-state index in [0.29, 0.717) is 17.4 Å². The Morgan fingerprint density at radius 3 is 2.00 bits per heavy atom. The predicted molar refractivity (Wildman–Crippen MR) is 143 cm³/mol. The first-order chi connectivity index (χ1) is 18.6. The molecule has 1 aromatic heterocycles. The lowest BCUT2D eigenvalue weighted by molar-refractivity contribution is -0.428. The van der Waals surface area contributed by atoms with E-state index in [2.05, 4.69) is 6.92 Å².